The van der Waals surface area contributed by atoms with E-state index in [4.69, 9.17) is 16.6 Å². The van der Waals surface area contributed by atoms with Crippen molar-refractivity contribution >= 4 is 33.3 Å². The Balaban J connectivity index is 2.01. The molecule has 0 fully saturated rings. The Morgan fingerprint density at radius 1 is 0.864 bits per heavy atom. The summed E-state index contributed by atoms with van der Waals surface area (Å²) in [5, 5.41) is 4.48. The fourth-order valence-corrected chi connectivity index (χ4v) is 3.10. The average Bonchev–Trinajstić information content (AvgIpc) is 2.55. The SMILES string of the molecule is Cc1cc(-c2ccc(Cl)cc2)nc2ccc3ccccc3c12. The van der Waals surface area contributed by atoms with Crippen LogP contribution in [0.1, 0.15) is 5.56 Å². The first-order valence-electron chi connectivity index (χ1n) is 7.27. The van der Waals surface area contributed by atoms with E-state index in [1.807, 2.05) is 24.3 Å². The molecule has 0 radical (unpaired) electrons. The van der Waals surface area contributed by atoms with Gasteiger partial charge in [-0.2, -0.15) is 0 Å². The number of hydrogen-bond donors (Lipinski definition) is 0. The second-order valence-corrected chi connectivity index (χ2v) is 5.95. The van der Waals surface area contributed by atoms with Crippen LogP contribution in [0.15, 0.2) is 66.7 Å². The summed E-state index contributed by atoms with van der Waals surface area (Å²) in [6, 6.07) is 22.7. The maximum Gasteiger partial charge on any atom is 0.0718 e. The molecule has 0 atom stereocenters. The van der Waals surface area contributed by atoms with Gasteiger partial charge in [-0.15, -0.1) is 0 Å². The second-order valence-electron chi connectivity index (χ2n) is 5.51. The topological polar surface area (TPSA) is 12.9 Å². The van der Waals surface area contributed by atoms with Crippen molar-refractivity contribution in [2.75, 3.05) is 0 Å². The molecule has 1 heterocycles. The minimum absolute atomic E-state index is 0.743. The monoisotopic (exact) mass is 303 g/mol. The van der Waals surface area contributed by atoms with Crippen LogP contribution in [0, 0.1) is 6.92 Å². The predicted molar refractivity (Wildman–Crippen MR) is 94.4 cm³/mol. The molecule has 106 valence electrons. The molecule has 1 aromatic heterocycles. The van der Waals surface area contributed by atoms with Crippen LogP contribution in [0.2, 0.25) is 5.02 Å². The molecule has 0 N–H and O–H groups in total. The Labute approximate surface area is 134 Å². The molecule has 3 aromatic carbocycles. The van der Waals surface area contributed by atoms with Crippen molar-refractivity contribution in [3.05, 3.63) is 77.3 Å². The summed E-state index contributed by atoms with van der Waals surface area (Å²) >= 11 is 5.97. The Kier molecular flexibility index (Phi) is 3.09. The summed E-state index contributed by atoms with van der Waals surface area (Å²) in [5.74, 6) is 0. The third-order valence-electron chi connectivity index (χ3n) is 4.04. The normalized spacial score (nSPS) is 11.2. The highest BCUT2D eigenvalue weighted by molar-refractivity contribution is 6.30. The number of halogens is 1. The minimum atomic E-state index is 0.743. The van der Waals surface area contributed by atoms with Gasteiger partial charge in [-0.1, -0.05) is 54.1 Å². The summed E-state index contributed by atoms with van der Waals surface area (Å²) < 4.78 is 0. The standard InChI is InChI=1S/C20H14ClN/c1-13-12-19(15-6-9-16(21)10-7-15)22-18-11-8-14-4-2-3-5-17(14)20(13)18/h2-12H,1H3. The molecule has 0 saturated heterocycles. The third kappa shape index (κ3) is 2.15. The van der Waals surface area contributed by atoms with Crippen LogP contribution in [-0.2, 0) is 0 Å². The molecule has 0 aliphatic carbocycles. The molecule has 0 aliphatic rings. The number of rotatable bonds is 1. The Hall–Kier alpha value is -2.38. The highest BCUT2D eigenvalue weighted by atomic mass is 35.5. The van der Waals surface area contributed by atoms with E-state index >= 15 is 0 Å². The highest BCUT2D eigenvalue weighted by Crippen LogP contribution is 2.30. The summed E-state index contributed by atoms with van der Waals surface area (Å²) in [6.45, 7) is 2.15. The van der Waals surface area contributed by atoms with Gasteiger partial charge in [0, 0.05) is 16.0 Å². The number of pyridine rings is 1. The largest absolute Gasteiger partial charge is 0.248 e. The lowest BCUT2D eigenvalue weighted by Crippen LogP contribution is -1.90. The van der Waals surface area contributed by atoms with Gasteiger partial charge in [0.15, 0.2) is 0 Å². The molecule has 0 unspecified atom stereocenters. The molecule has 4 rings (SSSR count). The second kappa shape index (κ2) is 5.11. The van der Waals surface area contributed by atoms with Gasteiger partial charge in [-0.05, 0) is 47.5 Å². The quantitative estimate of drug-likeness (QED) is 0.392. The Bertz CT molecular complexity index is 988. The van der Waals surface area contributed by atoms with Crippen LogP contribution in [0.5, 0.6) is 0 Å². The van der Waals surface area contributed by atoms with Crippen LogP contribution < -0.4 is 0 Å². The van der Waals surface area contributed by atoms with Crippen molar-refractivity contribution < 1.29 is 0 Å². The van der Waals surface area contributed by atoms with Crippen molar-refractivity contribution in [3.8, 4) is 11.3 Å². The van der Waals surface area contributed by atoms with Crippen molar-refractivity contribution in [2.24, 2.45) is 0 Å². The summed E-state index contributed by atoms with van der Waals surface area (Å²) in [4.78, 5) is 4.84. The Morgan fingerprint density at radius 3 is 2.45 bits per heavy atom. The van der Waals surface area contributed by atoms with E-state index in [1.165, 1.54) is 21.7 Å². The van der Waals surface area contributed by atoms with E-state index in [9.17, 15) is 0 Å². The average molecular weight is 304 g/mol. The van der Waals surface area contributed by atoms with Crippen LogP contribution in [0.3, 0.4) is 0 Å². The fourth-order valence-electron chi connectivity index (χ4n) is 2.98. The molecule has 2 heteroatoms. The van der Waals surface area contributed by atoms with Gasteiger partial charge in [-0.3, -0.25) is 0 Å². The predicted octanol–water partition coefficient (Wildman–Crippen LogP) is 6.02. The van der Waals surface area contributed by atoms with E-state index in [0.717, 1.165) is 21.8 Å². The molecule has 1 nitrogen and oxygen atoms in total. The number of aromatic nitrogens is 1. The van der Waals surface area contributed by atoms with Gasteiger partial charge >= 0.3 is 0 Å². The van der Waals surface area contributed by atoms with Gasteiger partial charge in [0.1, 0.15) is 0 Å². The maximum atomic E-state index is 5.97. The van der Waals surface area contributed by atoms with E-state index in [0.29, 0.717) is 0 Å². The van der Waals surface area contributed by atoms with Gasteiger partial charge in [0.2, 0.25) is 0 Å². The van der Waals surface area contributed by atoms with Crippen LogP contribution in [0.4, 0.5) is 0 Å². The molecule has 4 aromatic rings. The first-order valence-corrected chi connectivity index (χ1v) is 7.65. The minimum Gasteiger partial charge on any atom is -0.248 e. The first-order chi connectivity index (χ1) is 10.7. The van der Waals surface area contributed by atoms with Crippen molar-refractivity contribution in [1.82, 2.24) is 4.98 Å². The molecule has 0 saturated carbocycles. The maximum absolute atomic E-state index is 5.97. The van der Waals surface area contributed by atoms with E-state index in [2.05, 4.69) is 49.4 Å². The number of fused-ring (bicyclic) bond motifs is 3. The third-order valence-corrected chi connectivity index (χ3v) is 4.29. The number of hydrogen-bond acceptors (Lipinski definition) is 1. The van der Waals surface area contributed by atoms with Crippen molar-refractivity contribution in [3.63, 3.8) is 0 Å². The van der Waals surface area contributed by atoms with E-state index < -0.39 is 0 Å². The summed E-state index contributed by atoms with van der Waals surface area (Å²) in [5.41, 5.74) is 4.34. The first kappa shape index (κ1) is 13.3. The summed E-state index contributed by atoms with van der Waals surface area (Å²) in [6.07, 6.45) is 0. The number of nitrogens with zero attached hydrogens (tertiary/aromatic N) is 1. The fraction of sp³-hybridized carbons (Fsp3) is 0.0500. The van der Waals surface area contributed by atoms with Gasteiger partial charge in [0.05, 0.1) is 11.2 Å². The number of aryl methyl sites for hydroxylation is 1. The summed E-state index contributed by atoms with van der Waals surface area (Å²) in [7, 11) is 0. The lowest BCUT2D eigenvalue weighted by atomic mass is 9.99. The van der Waals surface area contributed by atoms with E-state index in [1.54, 1.807) is 0 Å². The molecule has 0 spiro atoms. The van der Waals surface area contributed by atoms with Crippen LogP contribution in [-0.4, -0.2) is 4.98 Å². The molecule has 0 amide bonds. The molecular weight excluding hydrogens is 290 g/mol. The molecule has 0 aliphatic heterocycles. The lowest BCUT2D eigenvalue weighted by Gasteiger charge is -2.09. The van der Waals surface area contributed by atoms with Crippen molar-refractivity contribution in [2.45, 2.75) is 6.92 Å². The lowest BCUT2D eigenvalue weighted by molar-refractivity contribution is 1.37. The van der Waals surface area contributed by atoms with Gasteiger partial charge < -0.3 is 0 Å². The van der Waals surface area contributed by atoms with Crippen molar-refractivity contribution in [1.29, 1.82) is 0 Å². The zero-order chi connectivity index (χ0) is 15.1. The Morgan fingerprint density at radius 2 is 1.64 bits per heavy atom. The zero-order valence-corrected chi connectivity index (χ0v) is 12.9. The molecule has 0 bridgehead atoms. The molecule has 22 heavy (non-hydrogen) atoms. The highest BCUT2D eigenvalue weighted by Gasteiger charge is 2.08. The van der Waals surface area contributed by atoms with Gasteiger partial charge in [-0.25, -0.2) is 4.98 Å². The van der Waals surface area contributed by atoms with Crippen LogP contribution >= 0.6 is 11.6 Å². The van der Waals surface area contributed by atoms with Crippen LogP contribution in [0.25, 0.3) is 32.9 Å². The smallest absolute Gasteiger partial charge is 0.0718 e. The van der Waals surface area contributed by atoms with E-state index in [-0.39, 0.29) is 0 Å². The zero-order valence-electron chi connectivity index (χ0n) is 12.2. The molecular formula is C20H14ClN. The number of benzene rings is 3. The van der Waals surface area contributed by atoms with Gasteiger partial charge in [0.25, 0.3) is 0 Å².